The number of nitrogens with zero attached hydrogens (tertiary/aromatic N) is 1. The molecule has 1 aliphatic heterocycles. The summed E-state index contributed by atoms with van der Waals surface area (Å²) in [6.45, 7) is 4.86. The molecule has 0 spiro atoms. The van der Waals surface area contributed by atoms with Crippen LogP contribution in [-0.4, -0.2) is 29.4 Å². The van der Waals surface area contributed by atoms with Crippen molar-refractivity contribution in [2.75, 3.05) is 18.4 Å². The zero-order chi connectivity index (χ0) is 22.8. The minimum Gasteiger partial charge on any atom is -0.353 e. The number of anilines is 2. The number of carbonyl (C=O) groups excluding carboxylic acids is 1. The smallest absolute Gasteiger partial charge is 0.209 e. The fourth-order valence-corrected chi connectivity index (χ4v) is 4.63. The summed E-state index contributed by atoms with van der Waals surface area (Å²) in [4.78, 5) is 16.5. The Labute approximate surface area is 191 Å². The Morgan fingerprint density at radius 3 is 2.56 bits per heavy atom. The highest BCUT2D eigenvalue weighted by atomic mass is 32.1. The molecule has 0 saturated carbocycles. The standard InChI is InChI=1S/C25H25F2N3OS/c1-15-3-8-23(22(27)11-15)29-24-16(2)25(32)28-12-20(24)21-13-30(14-31)10-9-19(21)17-4-6-18(26)7-5-17/h3-8,11-12,14,19,21H,9-10,13H2,1-2H3,(H2,28,29,32). The van der Waals surface area contributed by atoms with Gasteiger partial charge in [0.05, 0.1) is 5.69 Å². The highest BCUT2D eigenvalue weighted by Gasteiger charge is 2.33. The maximum atomic E-state index is 14.7. The molecule has 2 N–H and O–H groups in total. The summed E-state index contributed by atoms with van der Waals surface area (Å²) in [6, 6.07) is 11.6. The summed E-state index contributed by atoms with van der Waals surface area (Å²) in [5.41, 5.74) is 4.66. The van der Waals surface area contributed by atoms with Crippen molar-refractivity contribution >= 4 is 30.0 Å². The quantitative estimate of drug-likeness (QED) is 0.362. The highest BCUT2D eigenvalue weighted by molar-refractivity contribution is 7.71. The first-order chi connectivity index (χ1) is 15.4. The maximum Gasteiger partial charge on any atom is 0.209 e. The second kappa shape index (κ2) is 9.20. The molecule has 32 heavy (non-hydrogen) atoms. The topological polar surface area (TPSA) is 48.1 Å². The summed E-state index contributed by atoms with van der Waals surface area (Å²) in [6.07, 6.45) is 3.44. The monoisotopic (exact) mass is 453 g/mol. The number of halogens is 2. The Bertz CT molecular complexity index is 1190. The number of piperidine rings is 1. The van der Waals surface area contributed by atoms with E-state index in [1.54, 1.807) is 23.1 Å². The van der Waals surface area contributed by atoms with Crippen molar-refractivity contribution in [1.29, 1.82) is 0 Å². The van der Waals surface area contributed by atoms with Crippen LogP contribution >= 0.6 is 12.2 Å². The van der Waals surface area contributed by atoms with Crippen LogP contribution in [0.1, 0.15) is 40.5 Å². The number of likely N-dealkylation sites (tertiary alicyclic amines) is 1. The summed E-state index contributed by atoms with van der Waals surface area (Å²) in [7, 11) is 0. The van der Waals surface area contributed by atoms with Crippen LogP contribution < -0.4 is 5.32 Å². The SMILES string of the molecule is Cc1ccc(Nc2c(C3CN(C=O)CCC3c3ccc(F)cc3)c[nH]c(=S)c2C)c(F)c1. The van der Waals surface area contributed by atoms with Gasteiger partial charge in [0.1, 0.15) is 16.3 Å². The van der Waals surface area contributed by atoms with Crippen LogP contribution in [0, 0.1) is 30.1 Å². The van der Waals surface area contributed by atoms with Gasteiger partial charge in [-0.1, -0.05) is 30.4 Å². The van der Waals surface area contributed by atoms with E-state index in [9.17, 15) is 13.6 Å². The zero-order valence-electron chi connectivity index (χ0n) is 18.0. The Morgan fingerprint density at radius 2 is 1.88 bits per heavy atom. The van der Waals surface area contributed by atoms with Crippen LogP contribution in [-0.2, 0) is 4.79 Å². The van der Waals surface area contributed by atoms with Crippen molar-refractivity contribution in [2.45, 2.75) is 32.1 Å². The summed E-state index contributed by atoms with van der Waals surface area (Å²) in [5, 5.41) is 3.26. The van der Waals surface area contributed by atoms with Crippen molar-refractivity contribution in [3.63, 3.8) is 0 Å². The largest absolute Gasteiger partial charge is 0.353 e. The predicted molar refractivity (Wildman–Crippen MR) is 125 cm³/mol. The fraction of sp³-hybridized carbons (Fsp3) is 0.280. The van der Waals surface area contributed by atoms with Gasteiger partial charge in [-0.05, 0) is 67.1 Å². The number of aryl methyl sites for hydroxylation is 1. The predicted octanol–water partition coefficient (Wildman–Crippen LogP) is 6.11. The molecule has 4 nitrogen and oxygen atoms in total. The molecular weight excluding hydrogens is 428 g/mol. The van der Waals surface area contributed by atoms with E-state index in [-0.39, 0.29) is 23.5 Å². The lowest BCUT2D eigenvalue weighted by Gasteiger charge is -2.38. The number of hydrogen-bond acceptors (Lipinski definition) is 3. The number of pyridine rings is 1. The summed E-state index contributed by atoms with van der Waals surface area (Å²) < 4.78 is 28.8. The lowest BCUT2D eigenvalue weighted by molar-refractivity contribution is -0.119. The second-order valence-corrected chi connectivity index (χ2v) is 8.74. The zero-order valence-corrected chi connectivity index (χ0v) is 18.8. The fourth-order valence-electron chi connectivity index (χ4n) is 4.47. The van der Waals surface area contributed by atoms with Crippen molar-refractivity contribution in [3.05, 3.63) is 87.2 Å². The van der Waals surface area contributed by atoms with Crippen molar-refractivity contribution < 1.29 is 13.6 Å². The van der Waals surface area contributed by atoms with Gasteiger partial charge < -0.3 is 15.2 Å². The number of H-pyrrole nitrogens is 1. The molecule has 1 aliphatic rings. The molecule has 1 amide bonds. The molecule has 166 valence electrons. The van der Waals surface area contributed by atoms with E-state index in [2.05, 4.69) is 10.3 Å². The van der Waals surface area contributed by atoms with E-state index in [0.717, 1.165) is 40.8 Å². The minimum atomic E-state index is -0.345. The molecule has 2 atom stereocenters. The van der Waals surface area contributed by atoms with Crippen LogP contribution in [0.15, 0.2) is 48.7 Å². The number of benzene rings is 2. The number of aromatic nitrogens is 1. The van der Waals surface area contributed by atoms with Gasteiger partial charge in [0, 0.05) is 36.5 Å². The molecule has 0 bridgehead atoms. The van der Waals surface area contributed by atoms with E-state index in [1.807, 2.05) is 26.1 Å². The van der Waals surface area contributed by atoms with Crippen molar-refractivity contribution in [2.24, 2.45) is 0 Å². The minimum absolute atomic E-state index is 0.0685. The van der Waals surface area contributed by atoms with E-state index < -0.39 is 0 Å². The van der Waals surface area contributed by atoms with Gasteiger partial charge in [0.2, 0.25) is 6.41 Å². The highest BCUT2D eigenvalue weighted by Crippen LogP contribution is 2.43. The number of rotatable bonds is 5. The van der Waals surface area contributed by atoms with Gasteiger partial charge >= 0.3 is 0 Å². The number of nitrogens with one attached hydrogen (secondary N) is 2. The van der Waals surface area contributed by atoms with Crippen LogP contribution in [0.5, 0.6) is 0 Å². The molecule has 1 aromatic heterocycles. The van der Waals surface area contributed by atoms with Gasteiger partial charge in [-0.3, -0.25) is 4.79 Å². The van der Waals surface area contributed by atoms with Crippen LogP contribution in [0.25, 0.3) is 0 Å². The summed E-state index contributed by atoms with van der Waals surface area (Å²) in [5.74, 6) is -0.644. The molecule has 0 radical (unpaired) electrons. The van der Waals surface area contributed by atoms with Crippen LogP contribution in [0.2, 0.25) is 0 Å². The normalized spacial score (nSPS) is 18.4. The molecular formula is C25H25F2N3OS. The van der Waals surface area contributed by atoms with Gasteiger partial charge in [-0.2, -0.15) is 0 Å². The Kier molecular flexibility index (Phi) is 6.37. The van der Waals surface area contributed by atoms with Crippen molar-refractivity contribution in [1.82, 2.24) is 9.88 Å². The molecule has 2 aromatic carbocycles. The average Bonchev–Trinajstić information content (AvgIpc) is 2.79. The molecule has 3 aromatic rings. The number of hydrogen-bond donors (Lipinski definition) is 2. The van der Waals surface area contributed by atoms with E-state index in [0.29, 0.717) is 23.4 Å². The van der Waals surface area contributed by atoms with Crippen LogP contribution in [0.4, 0.5) is 20.2 Å². The average molecular weight is 454 g/mol. The third kappa shape index (κ3) is 4.43. The summed E-state index contributed by atoms with van der Waals surface area (Å²) >= 11 is 5.46. The molecule has 1 saturated heterocycles. The lowest BCUT2D eigenvalue weighted by Crippen LogP contribution is -2.37. The van der Waals surface area contributed by atoms with Crippen LogP contribution in [0.3, 0.4) is 0 Å². The molecule has 7 heteroatoms. The Balaban J connectivity index is 1.81. The number of aromatic amines is 1. The van der Waals surface area contributed by atoms with Gasteiger partial charge in [-0.15, -0.1) is 0 Å². The van der Waals surface area contributed by atoms with Gasteiger partial charge in [-0.25, -0.2) is 8.78 Å². The first-order valence-corrected chi connectivity index (χ1v) is 11.0. The lowest BCUT2D eigenvalue weighted by atomic mass is 9.76. The van der Waals surface area contributed by atoms with Crippen molar-refractivity contribution in [3.8, 4) is 0 Å². The van der Waals surface area contributed by atoms with E-state index >= 15 is 0 Å². The van der Waals surface area contributed by atoms with Gasteiger partial charge in [0.15, 0.2) is 0 Å². The Morgan fingerprint density at radius 1 is 1.12 bits per heavy atom. The molecule has 2 unspecified atom stereocenters. The third-order valence-corrected chi connectivity index (χ3v) is 6.66. The second-order valence-electron chi connectivity index (χ2n) is 8.33. The molecule has 1 fully saturated rings. The number of carbonyl (C=O) groups is 1. The number of amides is 1. The van der Waals surface area contributed by atoms with E-state index in [4.69, 9.17) is 12.2 Å². The van der Waals surface area contributed by atoms with E-state index in [1.165, 1.54) is 18.2 Å². The molecule has 0 aliphatic carbocycles. The van der Waals surface area contributed by atoms with Gasteiger partial charge in [0.25, 0.3) is 0 Å². The molecule has 2 heterocycles. The Hall–Kier alpha value is -3.06. The third-order valence-electron chi connectivity index (χ3n) is 6.24. The molecule has 4 rings (SSSR count). The first-order valence-electron chi connectivity index (χ1n) is 10.6. The first kappa shape index (κ1) is 22.1. The maximum absolute atomic E-state index is 14.7.